The molecule has 1 aliphatic rings. The Hall–Kier alpha value is -2.62. The number of allylic oxidation sites excluding steroid dienone is 2. The number of phenolic OH excluding ortho intramolecular Hbond substituents is 2. The van der Waals surface area contributed by atoms with Crippen LogP contribution in [0.3, 0.4) is 0 Å². The molecular weight excluding hydrogens is 316 g/mol. The predicted octanol–water partition coefficient (Wildman–Crippen LogP) is 4.61. The summed E-state index contributed by atoms with van der Waals surface area (Å²) in [5.41, 5.74) is 3.33. The summed E-state index contributed by atoms with van der Waals surface area (Å²) >= 11 is 0. The Morgan fingerprint density at radius 1 is 0.880 bits per heavy atom. The van der Waals surface area contributed by atoms with Crippen molar-refractivity contribution in [2.75, 3.05) is 14.2 Å². The second kappa shape index (κ2) is 7.51. The third-order valence-corrected chi connectivity index (χ3v) is 4.64. The van der Waals surface area contributed by atoms with E-state index in [2.05, 4.69) is 12.2 Å². The molecule has 132 valence electrons. The molecule has 2 N–H and O–H groups in total. The lowest BCUT2D eigenvalue weighted by molar-refractivity contribution is 0.332. The highest BCUT2D eigenvalue weighted by Crippen LogP contribution is 2.48. The molecule has 3 rings (SSSR count). The molecule has 0 spiro atoms. The molecule has 0 aliphatic heterocycles. The first-order chi connectivity index (χ1) is 12.2. The van der Waals surface area contributed by atoms with Gasteiger partial charge in [0.15, 0.2) is 11.5 Å². The van der Waals surface area contributed by atoms with Crippen molar-refractivity contribution >= 4 is 0 Å². The van der Waals surface area contributed by atoms with Crippen molar-refractivity contribution < 1.29 is 19.7 Å². The molecule has 0 aromatic heterocycles. The third kappa shape index (κ3) is 3.43. The number of benzene rings is 2. The normalized spacial score (nSPS) is 15.4. The van der Waals surface area contributed by atoms with E-state index in [1.807, 2.05) is 18.2 Å². The van der Waals surface area contributed by atoms with Crippen molar-refractivity contribution in [2.24, 2.45) is 0 Å². The molecule has 2 aromatic carbocycles. The van der Waals surface area contributed by atoms with Gasteiger partial charge in [0, 0.05) is 11.1 Å². The molecule has 2 aromatic rings. The summed E-state index contributed by atoms with van der Waals surface area (Å²) in [5.74, 6) is 1.04. The standard InChI is InChI=1S/C21H24O4/c1-24-20-17-13-15(19(23)21(20)25-2)9-7-5-3-4-6-8-14-10-11-18(22)16(17)12-14/h4,6,10-13,22-23H,3,5,7-9H2,1-2H3/b6-4+. The SMILES string of the molecule is COc1c2cc(c(O)c1OC)CCCC/C=C/Cc1ccc(O)c-2c1. The summed E-state index contributed by atoms with van der Waals surface area (Å²) in [6, 6.07) is 7.50. The van der Waals surface area contributed by atoms with Crippen molar-refractivity contribution in [1.82, 2.24) is 0 Å². The van der Waals surface area contributed by atoms with Crippen LogP contribution in [0, 0.1) is 0 Å². The monoisotopic (exact) mass is 340 g/mol. The first kappa shape index (κ1) is 17.2. The van der Waals surface area contributed by atoms with E-state index in [1.54, 1.807) is 6.07 Å². The Labute approximate surface area is 148 Å². The number of rotatable bonds is 2. The van der Waals surface area contributed by atoms with Gasteiger partial charge in [-0.3, -0.25) is 0 Å². The summed E-state index contributed by atoms with van der Waals surface area (Å²) in [7, 11) is 3.05. The van der Waals surface area contributed by atoms with E-state index in [9.17, 15) is 10.2 Å². The minimum atomic E-state index is 0.115. The van der Waals surface area contributed by atoms with Gasteiger partial charge in [-0.1, -0.05) is 18.2 Å². The highest BCUT2D eigenvalue weighted by molar-refractivity contribution is 5.81. The minimum absolute atomic E-state index is 0.115. The zero-order chi connectivity index (χ0) is 17.8. The number of hydrogen-bond donors (Lipinski definition) is 2. The molecule has 0 radical (unpaired) electrons. The van der Waals surface area contributed by atoms with Gasteiger partial charge >= 0.3 is 0 Å². The maximum atomic E-state index is 10.6. The smallest absolute Gasteiger partial charge is 0.203 e. The van der Waals surface area contributed by atoms with Crippen LogP contribution in [0.25, 0.3) is 11.1 Å². The highest BCUT2D eigenvalue weighted by Gasteiger charge is 2.22. The van der Waals surface area contributed by atoms with Crippen molar-refractivity contribution in [1.29, 1.82) is 0 Å². The molecular formula is C21H24O4. The molecule has 4 heteroatoms. The van der Waals surface area contributed by atoms with Crippen molar-refractivity contribution in [2.45, 2.75) is 32.1 Å². The summed E-state index contributed by atoms with van der Waals surface area (Å²) in [4.78, 5) is 0. The lowest BCUT2D eigenvalue weighted by Gasteiger charge is -2.18. The van der Waals surface area contributed by atoms with Gasteiger partial charge in [0.05, 0.1) is 14.2 Å². The highest BCUT2D eigenvalue weighted by atomic mass is 16.5. The lowest BCUT2D eigenvalue weighted by atomic mass is 9.95. The van der Waals surface area contributed by atoms with Crippen LogP contribution < -0.4 is 9.47 Å². The van der Waals surface area contributed by atoms with Crippen molar-refractivity contribution in [3.8, 4) is 34.1 Å². The van der Waals surface area contributed by atoms with Crippen LogP contribution in [0.15, 0.2) is 36.4 Å². The second-order valence-electron chi connectivity index (χ2n) is 6.27. The van der Waals surface area contributed by atoms with Crippen LogP contribution in [0.4, 0.5) is 0 Å². The summed E-state index contributed by atoms with van der Waals surface area (Å²) < 4.78 is 10.9. The zero-order valence-electron chi connectivity index (χ0n) is 14.7. The number of ether oxygens (including phenoxy) is 2. The predicted molar refractivity (Wildman–Crippen MR) is 98.7 cm³/mol. The average Bonchev–Trinajstić information content (AvgIpc) is 2.63. The van der Waals surface area contributed by atoms with Crippen molar-refractivity contribution in [3.05, 3.63) is 47.5 Å². The molecule has 4 bridgehead atoms. The van der Waals surface area contributed by atoms with Gasteiger partial charge in [-0.25, -0.2) is 0 Å². The summed E-state index contributed by atoms with van der Waals surface area (Å²) in [6.07, 6.45) is 8.97. The van der Waals surface area contributed by atoms with Crippen LogP contribution in [-0.4, -0.2) is 24.4 Å². The number of hydrogen-bond acceptors (Lipinski definition) is 4. The van der Waals surface area contributed by atoms with Crippen LogP contribution in [0.5, 0.6) is 23.0 Å². The molecule has 1 aliphatic carbocycles. The minimum Gasteiger partial charge on any atom is -0.507 e. The number of fused-ring (bicyclic) bond motifs is 5. The Balaban J connectivity index is 2.26. The maximum Gasteiger partial charge on any atom is 0.203 e. The Kier molecular flexibility index (Phi) is 5.17. The molecule has 0 heterocycles. The fraction of sp³-hybridized carbons (Fsp3) is 0.333. The third-order valence-electron chi connectivity index (χ3n) is 4.64. The molecule has 0 saturated heterocycles. The average molecular weight is 340 g/mol. The molecule has 0 fully saturated rings. The summed E-state index contributed by atoms with van der Waals surface area (Å²) in [6.45, 7) is 0. The number of phenols is 2. The van der Waals surface area contributed by atoms with E-state index in [1.165, 1.54) is 14.2 Å². The van der Waals surface area contributed by atoms with Gasteiger partial charge in [0.25, 0.3) is 0 Å². The topological polar surface area (TPSA) is 58.9 Å². The van der Waals surface area contributed by atoms with Crippen LogP contribution in [0.2, 0.25) is 0 Å². The van der Waals surface area contributed by atoms with Gasteiger partial charge in [-0.2, -0.15) is 0 Å². The van der Waals surface area contributed by atoms with E-state index in [0.29, 0.717) is 17.1 Å². The van der Waals surface area contributed by atoms with E-state index in [4.69, 9.17) is 9.47 Å². The van der Waals surface area contributed by atoms with E-state index >= 15 is 0 Å². The molecule has 0 atom stereocenters. The van der Waals surface area contributed by atoms with Gasteiger partial charge < -0.3 is 19.7 Å². The Morgan fingerprint density at radius 2 is 1.68 bits per heavy atom. The first-order valence-electron chi connectivity index (χ1n) is 8.59. The van der Waals surface area contributed by atoms with Gasteiger partial charge in [0.1, 0.15) is 5.75 Å². The molecule has 0 saturated carbocycles. The van der Waals surface area contributed by atoms with E-state index in [0.717, 1.165) is 48.8 Å². The lowest BCUT2D eigenvalue weighted by Crippen LogP contribution is -1.98. The maximum absolute atomic E-state index is 10.6. The number of methoxy groups -OCH3 is 2. The Bertz CT molecular complexity index is 793. The van der Waals surface area contributed by atoms with E-state index < -0.39 is 0 Å². The molecule has 0 unspecified atom stereocenters. The van der Waals surface area contributed by atoms with Crippen LogP contribution in [-0.2, 0) is 12.8 Å². The van der Waals surface area contributed by atoms with Gasteiger partial charge in [-0.05, 0) is 61.4 Å². The number of aryl methyl sites for hydroxylation is 1. The second-order valence-corrected chi connectivity index (χ2v) is 6.27. The fourth-order valence-electron chi connectivity index (χ4n) is 3.31. The fourth-order valence-corrected chi connectivity index (χ4v) is 3.31. The molecule has 0 amide bonds. The molecule has 25 heavy (non-hydrogen) atoms. The Morgan fingerprint density at radius 3 is 2.44 bits per heavy atom. The largest absolute Gasteiger partial charge is 0.507 e. The van der Waals surface area contributed by atoms with Crippen LogP contribution >= 0.6 is 0 Å². The number of aromatic hydroxyl groups is 2. The first-order valence-corrected chi connectivity index (χ1v) is 8.59. The van der Waals surface area contributed by atoms with Gasteiger partial charge in [0.2, 0.25) is 5.75 Å². The molecule has 4 nitrogen and oxygen atoms in total. The quantitative estimate of drug-likeness (QED) is 0.784. The summed E-state index contributed by atoms with van der Waals surface area (Å²) in [5, 5.41) is 21.0. The zero-order valence-corrected chi connectivity index (χ0v) is 14.7. The van der Waals surface area contributed by atoms with Crippen LogP contribution in [0.1, 0.15) is 30.4 Å². The van der Waals surface area contributed by atoms with Crippen molar-refractivity contribution in [3.63, 3.8) is 0 Å². The van der Waals surface area contributed by atoms with E-state index in [-0.39, 0.29) is 11.5 Å². The van der Waals surface area contributed by atoms with Gasteiger partial charge in [-0.15, -0.1) is 0 Å².